The van der Waals surface area contributed by atoms with Crippen LogP contribution in [0.3, 0.4) is 0 Å². The number of carboxylic acid groups (broad SMARTS) is 1. The number of benzene rings is 2. The lowest BCUT2D eigenvalue weighted by molar-refractivity contribution is -0.143. The first-order valence-electron chi connectivity index (χ1n) is 10.0. The molecule has 5 nitrogen and oxygen atoms in total. The fraction of sp³-hybridized carbons (Fsp3) is 0.391. The number of hydrogen-bond donors (Lipinski definition) is 1. The lowest BCUT2D eigenvalue weighted by atomic mass is 9.95. The van der Waals surface area contributed by atoms with Crippen molar-refractivity contribution < 1.29 is 23.5 Å². The zero-order valence-electron chi connectivity index (χ0n) is 17.6. The number of piperidine rings is 1. The first-order chi connectivity index (χ1) is 14.3. The minimum Gasteiger partial charge on any atom is -0.481 e. The molecule has 0 aromatic heterocycles. The first kappa shape index (κ1) is 24.8. The predicted octanol–water partition coefficient (Wildman–Crippen LogP) is 4.57. The van der Waals surface area contributed by atoms with Crippen LogP contribution in [0.2, 0.25) is 0 Å². The van der Waals surface area contributed by atoms with E-state index in [4.69, 9.17) is 4.84 Å². The molecular weight excluding hydrogens is 426 g/mol. The first-order valence-corrected chi connectivity index (χ1v) is 10.0. The minimum atomic E-state index is -0.764. The second-order valence-corrected chi connectivity index (χ2v) is 7.67. The molecule has 1 atom stereocenters. The molecule has 1 heterocycles. The summed E-state index contributed by atoms with van der Waals surface area (Å²) in [5.74, 6) is -1.79. The molecular formula is C23H27ClF2N2O3. The number of halogens is 3. The summed E-state index contributed by atoms with van der Waals surface area (Å²) in [4.78, 5) is 18.9. The lowest BCUT2D eigenvalue weighted by Gasteiger charge is -2.30. The Bertz CT molecular complexity index is 899. The number of aryl methyl sites for hydroxylation is 2. The van der Waals surface area contributed by atoms with E-state index in [9.17, 15) is 18.7 Å². The standard InChI is InChI=1S/C23H26F2N2O3.ClH/c1-15-12-18(24)5-7-20(15)22(21-8-6-19(25)13-16(21)2)26-30-11-10-27-9-3-4-17(14-27)23(28)29;/h5-8,12-13,17H,3-4,9-11,14H2,1-2H3,(H,28,29);1H/t17-;/m1./s1. The van der Waals surface area contributed by atoms with Crippen LogP contribution in [-0.2, 0) is 9.63 Å². The summed E-state index contributed by atoms with van der Waals surface area (Å²) < 4.78 is 27.2. The summed E-state index contributed by atoms with van der Waals surface area (Å²) in [5, 5.41) is 13.5. The van der Waals surface area contributed by atoms with Gasteiger partial charge in [0.15, 0.2) is 0 Å². The van der Waals surface area contributed by atoms with Crippen LogP contribution in [0.1, 0.15) is 35.1 Å². The third-order valence-electron chi connectivity index (χ3n) is 5.40. The number of carbonyl (C=O) groups is 1. The highest BCUT2D eigenvalue weighted by Gasteiger charge is 2.25. The van der Waals surface area contributed by atoms with Gasteiger partial charge < -0.3 is 9.94 Å². The van der Waals surface area contributed by atoms with E-state index < -0.39 is 5.97 Å². The fourth-order valence-electron chi connectivity index (χ4n) is 3.77. The number of aliphatic carboxylic acids is 1. The van der Waals surface area contributed by atoms with Crippen LogP contribution >= 0.6 is 12.4 Å². The van der Waals surface area contributed by atoms with Crippen molar-refractivity contribution in [3.63, 3.8) is 0 Å². The molecule has 0 aliphatic carbocycles. The summed E-state index contributed by atoms with van der Waals surface area (Å²) in [7, 11) is 0. The van der Waals surface area contributed by atoms with Crippen LogP contribution in [0.25, 0.3) is 0 Å². The van der Waals surface area contributed by atoms with Gasteiger partial charge >= 0.3 is 5.97 Å². The van der Waals surface area contributed by atoms with Crippen LogP contribution < -0.4 is 0 Å². The third-order valence-corrected chi connectivity index (χ3v) is 5.40. The third kappa shape index (κ3) is 6.48. The average Bonchev–Trinajstić information content (AvgIpc) is 2.70. The largest absolute Gasteiger partial charge is 0.481 e. The molecule has 168 valence electrons. The molecule has 2 aromatic rings. The molecule has 2 aromatic carbocycles. The smallest absolute Gasteiger partial charge is 0.307 e. The number of nitrogens with zero attached hydrogens (tertiary/aromatic N) is 2. The molecule has 0 spiro atoms. The molecule has 0 unspecified atom stereocenters. The summed E-state index contributed by atoms with van der Waals surface area (Å²) in [6.07, 6.45) is 1.54. The van der Waals surface area contributed by atoms with Crippen molar-refractivity contribution in [3.05, 3.63) is 70.3 Å². The molecule has 0 radical (unpaired) electrons. The van der Waals surface area contributed by atoms with E-state index in [2.05, 4.69) is 10.1 Å². The van der Waals surface area contributed by atoms with Gasteiger partial charge in [-0.1, -0.05) is 5.16 Å². The fourth-order valence-corrected chi connectivity index (χ4v) is 3.77. The maximum absolute atomic E-state index is 13.6. The monoisotopic (exact) mass is 452 g/mol. The van der Waals surface area contributed by atoms with E-state index in [0.29, 0.717) is 47.5 Å². The Hall–Kier alpha value is -2.51. The van der Waals surface area contributed by atoms with Crippen molar-refractivity contribution in [1.82, 2.24) is 4.90 Å². The minimum absolute atomic E-state index is 0. The normalized spacial score (nSPS) is 16.3. The average molecular weight is 453 g/mol. The maximum atomic E-state index is 13.6. The van der Waals surface area contributed by atoms with Gasteiger partial charge in [-0.25, -0.2) is 8.78 Å². The highest BCUT2D eigenvalue weighted by molar-refractivity contribution is 6.14. The zero-order valence-corrected chi connectivity index (χ0v) is 18.4. The van der Waals surface area contributed by atoms with Crippen molar-refractivity contribution in [1.29, 1.82) is 0 Å². The van der Waals surface area contributed by atoms with E-state index >= 15 is 0 Å². The van der Waals surface area contributed by atoms with Crippen LogP contribution in [0, 0.1) is 31.4 Å². The van der Waals surface area contributed by atoms with E-state index in [1.807, 2.05) is 0 Å². The number of likely N-dealkylation sites (tertiary alicyclic amines) is 1. The number of rotatable bonds is 7. The summed E-state index contributed by atoms with van der Waals surface area (Å²) in [6.45, 7) is 5.75. The second-order valence-electron chi connectivity index (χ2n) is 7.67. The Morgan fingerprint density at radius 1 is 1.13 bits per heavy atom. The summed E-state index contributed by atoms with van der Waals surface area (Å²) in [6, 6.07) is 8.83. The van der Waals surface area contributed by atoms with Gasteiger partial charge in [-0.05, 0) is 80.8 Å². The highest BCUT2D eigenvalue weighted by Crippen LogP contribution is 2.21. The molecule has 0 saturated carbocycles. The van der Waals surface area contributed by atoms with Crippen molar-refractivity contribution in [2.45, 2.75) is 26.7 Å². The molecule has 0 amide bonds. The topological polar surface area (TPSA) is 62.1 Å². The Labute approximate surface area is 187 Å². The Morgan fingerprint density at radius 3 is 2.23 bits per heavy atom. The van der Waals surface area contributed by atoms with E-state index in [1.54, 1.807) is 26.0 Å². The van der Waals surface area contributed by atoms with E-state index in [1.165, 1.54) is 24.3 Å². The summed E-state index contributed by atoms with van der Waals surface area (Å²) in [5.41, 5.74) is 3.31. The summed E-state index contributed by atoms with van der Waals surface area (Å²) >= 11 is 0. The molecule has 3 rings (SSSR count). The number of oxime groups is 1. The quantitative estimate of drug-likeness (QED) is 0.380. The molecule has 0 bridgehead atoms. The maximum Gasteiger partial charge on any atom is 0.307 e. The Morgan fingerprint density at radius 2 is 1.71 bits per heavy atom. The predicted molar refractivity (Wildman–Crippen MR) is 118 cm³/mol. The van der Waals surface area contributed by atoms with Crippen LogP contribution in [0.15, 0.2) is 41.6 Å². The molecule has 1 aliphatic heterocycles. The van der Waals surface area contributed by atoms with Crippen LogP contribution in [-0.4, -0.2) is 47.9 Å². The molecule has 31 heavy (non-hydrogen) atoms. The Kier molecular flexibility index (Phi) is 8.95. The van der Waals surface area contributed by atoms with Crippen LogP contribution in [0.5, 0.6) is 0 Å². The van der Waals surface area contributed by atoms with Crippen molar-refractivity contribution in [2.24, 2.45) is 11.1 Å². The molecule has 1 fully saturated rings. The second kappa shape index (κ2) is 11.2. The van der Waals surface area contributed by atoms with Gasteiger partial charge in [0.2, 0.25) is 0 Å². The molecule has 1 saturated heterocycles. The van der Waals surface area contributed by atoms with E-state index in [0.717, 1.165) is 13.0 Å². The number of carboxylic acids is 1. The van der Waals surface area contributed by atoms with Gasteiger partial charge in [-0.2, -0.15) is 0 Å². The lowest BCUT2D eigenvalue weighted by Crippen LogP contribution is -2.40. The van der Waals surface area contributed by atoms with Gasteiger partial charge in [0.05, 0.1) is 5.92 Å². The highest BCUT2D eigenvalue weighted by atomic mass is 35.5. The van der Waals surface area contributed by atoms with Gasteiger partial charge in [0.1, 0.15) is 24.0 Å². The zero-order chi connectivity index (χ0) is 21.7. The van der Waals surface area contributed by atoms with Crippen molar-refractivity contribution in [2.75, 3.05) is 26.2 Å². The molecule has 1 aliphatic rings. The van der Waals surface area contributed by atoms with Gasteiger partial charge in [-0.15, -0.1) is 12.4 Å². The molecule has 1 N–H and O–H groups in total. The van der Waals surface area contributed by atoms with Crippen LogP contribution in [0.4, 0.5) is 8.78 Å². The van der Waals surface area contributed by atoms with Crippen molar-refractivity contribution in [3.8, 4) is 0 Å². The Balaban J connectivity index is 0.00000341. The van der Waals surface area contributed by atoms with Gasteiger partial charge in [0, 0.05) is 24.2 Å². The van der Waals surface area contributed by atoms with Gasteiger partial charge in [-0.3, -0.25) is 9.69 Å². The SMILES string of the molecule is Cc1cc(F)ccc1C(=NOCCN1CCC[C@@H](C(=O)O)C1)c1ccc(F)cc1C.Cl. The van der Waals surface area contributed by atoms with Gasteiger partial charge in [0.25, 0.3) is 0 Å². The van der Waals surface area contributed by atoms with E-state index in [-0.39, 0.29) is 36.6 Å². The molecule has 8 heteroatoms. The van der Waals surface area contributed by atoms with Crippen molar-refractivity contribution >= 4 is 24.1 Å². The number of hydrogen-bond acceptors (Lipinski definition) is 4.